The number of carbonyl (C=O) groups is 1. The first kappa shape index (κ1) is 16.1. The first-order valence-electron chi connectivity index (χ1n) is 7.53. The maximum atomic E-state index is 12.3. The molecule has 0 amide bonds. The molecule has 1 N–H and O–H groups in total. The van der Waals surface area contributed by atoms with E-state index in [1.165, 1.54) is 6.20 Å². The number of methoxy groups -OCH3 is 1. The number of nitrogens with zero attached hydrogens (tertiary/aromatic N) is 1. The maximum Gasteiger partial charge on any atom is 0.341 e. The van der Waals surface area contributed by atoms with Gasteiger partial charge in [-0.2, -0.15) is 0 Å². The van der Waals surface area contributed by atoms with Crippen molar-refractivity contribution in [3.63, 3.8) is 0 Å². The Kier molecular flexibility index (Phi) is 5.20. The van der Waals surface area contributed by atoms with Crippen molar-refractivity contribution in [2.24, 2.45) is 0 Å². The number of unbranched alkanes of at least 4 members (excludes halogenated alkanes) is 3. The number of pyridine rings is 1. The van der Waals surface area contributed by atoms with Crippen LogP contribution in [-0.4, -0.2) is 22.8 Å². The average Bonchev–Trinajstić information content (AvgIpc) is 2.52. The minimum absolute atomic E-state index is 0.198. The average molecular weight is 303 g/mol. The fraction of sp³-hybridized carbons (Fsp3) is 0.412. The predicted octanol–water partition coefficient (Wildman–Crippen LogP) is 3.29. The summed E-state index contributed by atoms with van der Waals surface area (Å²) in [6, 6.07) is 5.13. The Hall–Kier alpha value is -2.30. The minimum Gasteiger partial charge on any atom is -0.495 e. The van der Waals surface area contributed by atoms with Crippen LogP contribution in [0, 0.1) is 0 Å². The van der Waals surface area contributed by atoms with Crippen LogP contribution in [0.5, 0.6) is 5.75 Å². The molecule has 2 rings (SSSR count). The molecule has 0 aliphatic heterocycles. The van der Waals surface area contributed by atoms with Gasteiger partial charge in [0.05, 0.1) is 18.0 Å². The number of aryl methyl sites for hydroxylation is 1. The Morgan fingerprint density at radius 2 is 2.05 bits per heavy atom. The van der Waals surface area contributed by atoms with Crippen LogP contribution in [0.1, 0.15) is 43.0 Å². The lowest BCUT2D eigenvalue weighted by atomic mass is 10.1. The van der Waals surface area contributed by atoms with Crippen molar-refractivity contribution >= 4 is 16.9 Å². The molecule has 0 unspecified atom stereocenters. The number of ether oxygens (including phenoxy) is 1. The highest BCUT2D eigenvalue weighted by atomic mass is 16.5. The van der Waals surface area contributed by atoms with Gasteiger partial charge >= 0.3 is 5.97 Å². The molecule has 5 heteroatoms. The number of rotatable bonds is 7. The van der Waals surface area contributed by atoms with Gasteiger partial charge in [0.1, 0.15) is 11.3 Å². The Balaban J connectivity index is 2.58. The van der Waals surface area contributed by atoms with E-state index >= 15 is 0 Å². The van der Waals surface area contributed by atoms with E-state index in [9.17, 15) is 14.7 Å². The number of para-hydroxylation sites is 1. The summed E-state index contributed by atoms with van der Waals surface area (Å²) in [6.45, 7) is 2.80. The lowest BCUT2D eigenvalue weighted by molar-refractivity contribution is 0.0695. The van der Waals surface area contributed by atoms with Crippen molar-refractivity contribution in [3.8, 4) is 5.75 Å². The highest BCUT2D eigenvalue weighted by Crippen LogP contribution is 2.24. The van der Waals surface area contributed by atoms with Crippen molar-refractivity contribution in [3.05, 3.63) is 40.2 Å². The molecule has 2 aromatic rings. The van der Waals surface area contributed by atoms with Crippen LogP contribution in [-0.2, 0) is 6.54 Å². The second-order valence-electron chi connectivity index (χ2n) is 5.29. The highest BCUT2D eigenvalue weighted by molar-refractivity contribution is 5.94. The van der Waals surface area contributed by atoms with Crippen LogP contribution >= 0.6 is 0 Å². The number of carboxylic acid groups (broad SMARTS) is 1. The summed E-state index contributed by atoms with van der Waals surface area (Å²) < 4.78 is 7.17. The smallest absolute Gasteiger partial charge is 0.341 e. The normalized spacial score (nSPS) is 10.8. The Morgan fingerprint density at radius 1 is 1.27 bits per heavy atom. The topological polar surface area (TPSA) is 68.5 Å². The standard InChI is InChI=1S/C17H21NO4/c1-3-4-5-6-10-18-11-13(17(20)21)16(19)12-8-7-9-14(22-2)15(12)18/h7-9,11H,3-6,10H2,1-2H3,(H,20,21). The van der Waals surface area contributed by atoms with Gasteiger partial charge in [-0.25, -0.2) is 4.79 Å². The second kappa shape index (κ2) is 7.11. The Bertz CT molecular complexity index is 733. The molecule has 0 saturated heterocycles. The molecule has 0 radical (unpaired) electrons. The zero-order valence-corrected chi connectivity index (χ0v) is 13.0. The first-order chi connectivity index (χ1) is 10.6. The number of carboxylic acids is 1. The molecule has 22 heavy (non-hydrogen) atoms. The van der Waals surface area contributed by atoms with Crippen LogP contribution in [0.15, 0.2) is 29.2 Å². The molecule has 0 aliphatic carbocycles. The van der Waals surface area contributed by atoms with Gasteiger partial charge in [-0.3, -0.25) is 4.79 Å². The molecule has 1 aromatic heterocycles. The van der Waals surface area contributed by atoms with Gasteiger partial charge in [0.2, 0.25) is 5.43 Å². The zero-order valence-electron chi connectivity index (χ0n) is 13.0. The predicted molar refractivity (Wildman–Crippen MR) is 85.9 cm³/mol. The van der Waals surface area contributed by atoms with Crippen molar-refractivity contribution in [1.29, 1.82) is 0 Å². The van der Waals surface area contributed by atoms with Crippen molar-refractivity contribution in [2.75, 3.05) is 7.11 Å². The summed E-state index contributed by atoms with van der Waals surface area (Å²) in [6.07, 6.45) is 5.71. The number of benzene rings is 1. The lowest BCUT2D eigenvalue weighted by Crippen LogP contribution is -2.19. The molecule has 0 atom stereocenters. The van der Waals surface area contributed by atoms with E-state index < -0.39 is 11.4 Å². The van der Waals surface area contributed by atoms with E-state index in [0.29, 0.717) is 23.2 Å². The molecular formula is C17H21NO4. The first-order valence-corrected chi connectivity index (χ1v) is 7.53. The van der Waals surface area contributed by atoms with E-state index in [4.69, 9.17) is 4.74 Å². The SMILES string of the molecule is CCCCCCn1cc(C(=O)O)c(=O)c2cccc(OC)c21. The van der Waals surface area contributed by atoms with Gasteiger partial charge in [-0.1, -0.05) is 32.3 Å². The summed E-state index contributed by atoms with van der Waals surface area (Å²) in [5.41, 5.74) is -0.000971. The van der Waals surface area contributed by atoms with Gasteiger partial charge in [0.25, 0.3) is 0 Å². The number of hydrogen-bond acceptors (Lipinski definition) is 3. The molecule has 0 aliphatic rings. The van der Waals surface area contributed by atoms with Crippen LogP contribution < -0.4 is 10.2 Å². The zero-order chi connectivity index (χ0) is 16.1. The number of aromatic nitrogens is 1. The summed E-state index contributed by atoms with van der Waals surface area (Å²) in [7, 11) is 1.55. The number of hydrogen-bond donors (Lipinski definition) is 1. The number of aromatic carboxylic acids is 1. The summed E-state index contributed by atoms with van der Waals surface area (Å²) in [4.78, 5) is 23.6. The van der Waals surface area contributed by atoms with Gasteiger partial charge in [-0.05, 0) is 18.6 Å². The van der Waals surface area contributed by atoms with Gasteiger partial charge in [-0.15, -0.1) is 0 Å². The molecule has 0 fully saturated rings. The van der Waals surface area contributed by atoms with Gasteiger partial charge in [0, 0.05) is 12.7 Å². The van der Waals surface area contributed by atoms with E-state index in [1.807, 2.05) is 4.57 Å². The molecule has 0 bridgehead atoms. The van der Waals surface area contributed by atoms with E-state index in [2.05, 4.69) is 6.92 Å². The summed E-state index contributed by atoms with van der Waals surface area (Å²) >= 11 is 0. The van der Waals surface area contributed by atoms with E-state index in [1.54, 1.807) is 25.3 Å². The molecular weight excluding hydrogens is 282 g/mol. The van der Waals surface area contributed by atoms with Crippen molar-refractivity contribution in [1.82, 2.24) is 4.57 Å². The van der Waals surface area contributed by atoms with Crippen LogP contribution in [0.2, 0.25) is 0 Å². The Labute approximate surface area is 129 Å². The monoisotopic (exact) mass is 303 g/mol. The van der Waals surface area contributed by atoms with Crippen LogP contribution in [0.25, 0.3) is 10.9 Å². The van der Waals surface area contributed by atoms with Crippen molar-refractivity contribution in [2.45, 2.75) is 39.2 Å². The quantitative estimate of drug-likeness (QED) is 0.797. The highest BCUT2D eigenvalue weighted by Gasteiger charge is 2.16. The molecule has 0 saturated carbocycles. The molecule has 118 valence electrons. The Morgan fingerprint density at radius 3 is 2.68 bits per heavy atom. The van der Waals surface area contributed by atoms with Gasteiger partial charge in [0.15, 0.2) is 0 Å². The van der Waals surface area contributed by atoms with Crippen molar-refractivity contribution < 1.29 is 14.6 Å². The maximum absolute atomic E-state index is 12.3. The molecule has 0 spiro atoms. The van der Waals surface area contributed by atoms with Crippen LogP contribution in [0.4, 0.5) is 0 Å². The van der Waals surface area contributed by atoms with Gasteiger partial charge < -0.3 is 14.4 Å². The largest absolute Gasteiger partial charge is 0.495 e. The second-order valence-corrected chi connectivity index (χ2v) is 5.29. The summed E-state index contributed by atoms with van der Waals surface area (Å²) in [5, 5.41) is 9.63. The summed E-state index contributed by atoms with van der Waals surface area (Å²) in [5.74, 6) is -0.612. The van der Waals surface area contributed by atoms with Crippen LogP contribution in [0.3, 0.4) is 0 Å². The molecule has 1 heterocycles. The van der Waals surface area contributed by atoms with E-state index in [0.717, 1.165) is 25.7 Å². The number of fused-ring (bicyclic) bond motifs is 1. The fourth-order valence-corrected chi connectivity index (χ4v) is 2.63. The molecule has 1 aromatic carbocycles. The fourth-order valence-electron chi connectivity index (χ4n) is 2.63. The third-order valence-corrected chi connectivity index (χ3v) is 3.76. The minimum atomic E-state index is -1.20. The molecule has 5 nitrogen and oxygen atoms in total. The third kappa shape index (κ3) is 3.13. The lowest BCUT2D eigenvalue weighted by Gasteiger charge is -2.15. The third-order valence-electron chi connectivity index (χ3n) is 3.76. The van der Waals surface area contributed by atoms with E-state index in [-0.39, 0.29) is 5.56 Å².